The van der Waals surface area contributed by atoms with Crippen LogP contribution in [-0.2, 0) is 17.6 Å². The van der Waals surface area contributed by atoms with E-state index in [2.05, 4.69) is 15.5 Å². The Hall–Kier alpha value is -2.50. The lowest BCUT2D eigenvalue weighted by atomic mass is 10.1. The summed E-state index contributed by atoms with van der Waals surface area (Å²) in [4.78, 5) is 11.8. The van der Waals surface area contributed by atoms with Gasteiger partial charge in [0.15, 0.2) is 11.5 Å². The SMILES string of the molecule is COc1cccc(CCNC(=O)CCc2cn[nH]c2)c1OC. The van der Waals surface area contributed by atoms with Crippen LogP contribution in [0.25, 0.3) is 0 Å². The first-order chi connectivity index (χ1) is 10.7. The summed E-state index contributed by atoms with van der Waals surface area (Å²) < 4.78 is 10.6. The summed E-state index contributed by atoms with van der Waals surface area (Å²) in [7, 11) is 3.23. The molecule has 118 valence electrons. The minimum Gasteiger partial charge on any atom is -0.493 e. The Morgan fingerprint density at radius 1 is 1.27 bits per heavy atom. The first-order valence-electron chi connectivity index (χ1n) is 7.18. The largest absolute Gasteiger partial charge is 0.493 e. The number of carbonyl (C=O) groups is 1. The number of nitrogens with one attached hydrogen (secondary N) is 2. The lowest BCUT2D eigenvalue weighted by Gasteiger charge is -2.12. The summed E-state index contributed by atoms with van der Waals surface area (Å²) in [5.74, 6) is 1.45. The molecule has 0 aliphatic heterocycles. The first-order valence-corrected chi connectivity index (χ1v) is 7.18. The first kappa shape index (κ1) is 15.9. The fourth-order valence-corrected chi connectivity index (χ4v) is 2.25. The van der Waals surface area contributed by atoms with E-state index < -0.39 is 0 Å². The maximum Gasteiger partial charge on any atom is 0.220 e. The third kappa shape index (κ3) is 4.25. The van der Waals surface area contributed by atoms with Gasteiger partial charge in [-0.1, -0.05) is 12.1 Å². The van der Waals surface area contributed by atoms with Crippen LogP contribution >= 0.6 is 0 Å². The number of aryl methyl sites for hydroxylation is 1. The highest BCUT2D eigenvalue weighted by Gasteiger charge is 2.09. The van der Waals surface area contributed by atoms with E-state index in [1.54, 1.807) is 26.6 Å². The maximum atomic E-state index is 11.8. The summed E-state index contributed by atoms with van der Waals surface area (Å²) >= 11 is 0. The maximum absolute atomic E-state index is 11.8. The molecule has 2 rings (SSSR count). The Morgan fingerprint density at radius 3 is 2.82 bits per heavy atom. The molecule has 1 aromatic heterocycles. The highest BCUT2D eigenvalue weighted by Crippen LogP contribution is 2.30. The van der Waals surface area contributed by atoms with E-state index in [9.17, 15) is 4.79 Å². The van der Waals surface area contributed by atoms with Gasteiger partial charge in [0.05, 0.1) is 20.4 Å². The second-order valence-electron chi connectivity index (χ2n) is 4.86. The molecule has 0 radical (unpaired) electrons. The van der Waals surface area contributed by atoms with Gasteiger partial charge in [0, 0.05) is 19.2 Å². The zero-order valence-electron chi connectivity index (χ0n) is 12.9. The number of rotatable bonds is 8. The van der Waals surface area contributed by atoms with Crippen molar-refractivity contribution >= 4 is 5.91 Å². The highest BCUT2D eigenvalue weighted by molar-refractivity contribution is 5.76. The Labute approximate surface area is 129 Å². The molecule has 0 saturated heterocycles. The molecule has 22 heavy (non-hydrogen) atoms. The summed E-state index contributed by atoms with van der Waals surface area (Å²) in [6.45, 7) is 0.563. The smallest absolute Gasteiger partial charge is 0.220 e. The van der Waals surface area contributed by atoms with Crippen LogP contribution in [0.5, 0.6) is 11.5 Å². The number of aromatic nitrogens is 2. The van der Waals surface area contributed by atoms with Crippen molar-refractivity contribution in [2.75, 3.05) is 20.8 Å². The van der Waals surface area contributed by atoms with Crippen molar-refractivity contribution in [3.05, 3.63) is 41.7 Å². The third-order valence-corrected chi connectivity index (χ3v) is 3.40. The van der Waals surface area contributed by atoms with Crippen molar-refractivity contribution in [3.8, 4) is 11.5 Å². The van der Waals surface area contributed by atoms with E-state index in [1.807, 2.05) is 18.2 Å². The molecule has 0 unspecified atom stereocenters. The van der Waals surface area contributed by atoms with E-state index in [0.29, 0.717) is 31.6 Å². The van der Waals surface area contributed by atoms with Crippen LogP contribution in [0.2, 0.25) is 0 Å². The van der Waals surface area contributed by atoms with Crippen LogP contribution in [0.4, 0.5) is 0 Å². The number of methoxy groups -OCH3 is 2. The highest BCUT2D eigenvalue weighted by atomic mass is 16.5. The third-order valence-electron chi connectivity index (χ3n) is 3.40. The Kier molecular flexibility index (Phi) is 5.82. The van der Waals surface area contributed by atoms with Crippen molar-refractivity contribution in [2.45, 2.75) is 19.3 Å². The van der Waals surface area contributed by atoms with Crippen LogP contribution in [0, 0.1) is 0 Å². The molecule has 0 bridgehead atoms. The van der Waals surface area contributed by atoms with Gasteiger partial charge in [-0.05, 0) is 30.0 Å². The molecule has 1 heterocycles. The molecule has 0 atom stereocenters. The van der Waals surface area contributed by atoms with Gasteiger partial charge in [0.25, 0.3) is 0 Å². The quantitative estimate of drug-likeness (QED) is 0.778. The van der Waals surface area contributed by atoms with Crippen molar-refractivity contribution in [1.29, 1.82) is 0 Å². The van der Waals surface area contributed by atoms with Crippen molar-refractivity contribution in [3.63, 3.8) is 0 Å². The lowest BCUT2D eigenvalue weighted by Crippen LogP contribution is -2.26. The summed E-state index contributed by atoms with van der Waals surface area (Å²) in [6, 6.07) is 5.74. The number of para-hydroxylation sites is 1. The van der Waals surface area contributed by atoms with Gasteiger partial charge in [-0.2, -0.15) is 5.10 Å². The molecular weight excluding hydrogens is 282 g/mol. The van der Waals surface area contributed by atoms with Crippen LogP contribution in [0.15, 0.2) is 30.6 Å². The van der Waals surface area contributed by atoms with Gasteiger partial charge in [-0.3, -0.25) is 9.89 Å². The van der Waals surface area contributed by atoms with Gasteiger partial charge >= 0.3 is 0 Å². The number of carbonyl (C=O) groups excluding carboxylic acids is 1. The predicted octanol–water partition coefficient (Wildman–Crippen LogP) is 1.72. The minimum absolute atomic E-state index is 0.0306. The van der Waals surface area contributed by atoms with E-state index in [-0.39, 0.29) is 5.91 Å². The van der Waals surface area contributed by atoms with E-state index >= 15 is 0 Å². The van der Waals surface area contributed by atoms with E-state index in [4.69, 9.17) is 9.47 Å². The zero-order valence-corrected chi connectivity index (χ0v) is 12.9. The molecule has 0 spiro atoms. The average molecular weight is 303 g/mol. The van der Waals surface area contributed by atoms with Crippen molar-refractivity contribution in [1.82, 2.24) is 15.5 Å². The number of H-pyrrole nitrogens is 1. The second kappa shape index (κ2) is 8.07. The molecule has 1 aromatic carbocycles. The number of ether oxygens (including phenoxy) is 2. The average Bonchev–Trinajstić information content (AvgIpc) is 3.06. The molecule has 0 saturated carbocycles. The molecule has 6 heteroatoms. The normalized spacial score (nSPS) is 10.3. The van der Waals surface area contributed by atoms with Gasteiger partial charge < -0.3 is 14.8 Å². The van der Waals surface area contributed by atoms with Crippen molar-refractivity contribution < 1.29 is 14.3 Å². The van der Waals surface area contributed by atoms with E-state index in [0.717, 1.165) is 16.9 Å². The van der Waals surface area contributed by atoms with Crippen LogP contribution in [0.3, 0.4) is 0 Å². The number of amides is 1. The number of nitrogens with zero attached hydrogens (tertiary/aromatic N) is 1. The second-order valence-corrected chi connectivity index (χ2v) is 4.86. The topological polar surface area (TPSA) is 76.2 Å². The summed E-state index contributed by atoms with van der Waals surface area (Å²) in [6.07, 6.45) is 5.36. The van der Waals surface area contributed by atoms with Gasteiger partial charge in [0.2, 0.25) is 5.91 Å². The fourth-order valence-electron chi connectivity index (χ4n) is 2.25. The van der Waals surface area contributed by atoms with Gasteiger partial charge in [0.1, 0.15) is 0 Å². The number of aromatic amines is 1. The number of benzene rings is 1. The number of hydrogen-bond acceptors (Lipinski definition) is 4. The number of hydrogen-bond donors (Lipinski definition) is 2. The molecule has 2 N–H and O–H groups in total. The van der Waals surface area contributed by atoms with Gasteiger partial charge in [-0.25, -0.2) is 0 Å². The summed E-state index contributed by atoms with van der Waals surface area (Å²) in [5, 5.41) is 9.51. The standard InChI is InChI=1S/C16H21N3O3/c1-21-14-5-3-4-13(16(14)22-2)8-9-17-15(20)7-6-12-10-18-19-11-12/h3-5,10-11H,6-9H2,1-2H3,(H,17,20)(H,18,19). The lowest BCUT2D eigenvalue weighted by molar-refractivity contribution is -0.121. The molecule has 0 aliphatic rings. The molecule has 0 fully saturated rings. The predicted molar refractivity (Wildman–Crippen MR) is 83.2 cm³/mol. The molecule has 1 amide bonds. The Balaban J connectivity index is 1.79. The Morgan fingerprint density at radius 2 is 2.14 bits per heavy atom. The minimum atomic E-state index is 0.0306. The van der Waals surface area contributed by atoms with Crippen LogP contribution < -0.4 is 14.8 Å². The molecular formula is C16H21N3O3. The molecule has 0 aliphatic carbocycles. The molecule has 2 aromatic rings. The summed E-state index contributed by atoms with van der Waals surface area (Å²) in [5.41, 5.74) is 2.04. The zero-order chi connectivity index (χ0) is 15.8. The Bertz CT molecular complexity index is 597. The van der Waals surface area contributed by atoms with Crippen LogP contribution in [0.1, 0.15) is 17.5 Å². The van der Waals surface area contributed by atoms with Crippen molar-refractivity contribution in [2.24, 2.45) is 0 Å². The van der Waals surface area contributed by atoms with Gasteiger partial charge in [-0.15, -0.1) is 0 Å². The van der Waals surface area contributed by atoms with Crippen LogP contribution in [-0.4, -0.2) is 36.9 Å². The monoisotopic (exact) mass is 303 g/mol. The van der Waals surface area contributed by atoms with E-state index in [1.165, 1.54) is 0 Å². The fraction of sp³-hybridized carbons (Fsp3) is 0.375. The molecule has 6 nitrogen and oxygen atoms in total.